The van der Waals surface area contributed by atoms with Crippen LogP contribution < -0.4 is 15.5 Å². The van der Waals surface area contributed by atoms with Crippen LogP contribution in [0.15, 0.2) is 56.8 Å². The van der Waals surface area contributed by atoms with Gasteiger partial charge in [-0.15, -0.1) is 0 Å². The first kappa shape index (κ1) is 21.8. The van der Waals surface area contributed by atoms with E-state index in [-0.39, 0.29) is 0 Å². The Labute approximate surface area is 188 Å². The van der Waals surface area contributed by atoms with Crippen molar-refractivity contribution >= 4 is 28.6 Å². The number of rotatable bonds is 3. The van der Waals surface area contributed by atoms with Gasteiger partial charge in [-0.05, 0) is 25.1 Å². The van der Waals surface area contributed by atoms with E-state index in [0.29, 0.717) is 30.4 Å². The van der Waals surface area contributed by atoms with E-state index in [1.54, 1.807) is 7.05 Å². The zero-order valence-corrected chi connectivity index (χ0v) is 18.5. The number of nitrogens with zero attached hydrogens (tertiary/aromatic N) is 4. The lowest BCUT2D eigenvalue weighted by Crippen LogP contribution is -2.39. The van der Waals surface area contributed by atoms with E-state index in [1.807, 2.05) is 13.0 Å². The fourth-order valence-corrected chi connectivity index (χ4v) is 3.76. The molecule has 8 heteroatoms. The predicted molar refractivity (Wildman–Crippen MR) is 129 cm³/mol. The molecule has 0 bridgehead atoms. The van der Waals surface area contributed by atoms with E-state index < -0.39 is 0 Å². The van der Waals surface area contributed by atoms with Gasteiger partial charge in [0.1, 0.15) is 18.1 Å². The van der Waals surface area contributed by atoms with Gasteiger partial charge in [-0.1, -0.05) is 18.6 Å². The highest BCUT2D eigenvalue weighted by molar-refractivity contribution is 6.72. The summed E-state index contributed by atoms with van der Waals surface area (Å²) in [4.78, 5) is 15.8. The van der Waals surface area contributed by atoms with E-state index in [0.717, 1.165) is 55.6 Å². The molecule has 0 unspecified atom stereocenters. The van der Waals surface area contributed by atoms with Crippen LogP contribution in [0.5, 0.6) is 0 Å². The maximum atomic E-state index is 5.77. The number of benzene rings is 1. The van der Waals surface area contributed by atoms with Gasteiger partial charge >= 0.3 is 0 Å². The van der Waals surface area contributed by atoms with Crippen LogP contribution in [0.1, 0.15) is 12.5 Å². The van der Waals surface area contributed by atoms with Crippen molar-refractivity contribution in [3.63, 3.8) is 0 Å². The third-order valence-electron chi connectivity index (χ3n) is 5.49. The van der Waals surface area contributed by atoms with Gasteiger partial charge in [-0.2, -0.15) is 4.99 Å². The molecule has 2 N–H and O–H groups in total. The molecule has 4 rings (SSSR count). The van der Waals surface area contributed by atoms with Crippen molar-refractivity contribution in [1.29, 1.82) is 0 Å². The number of morpholine rings is 2. The summed E-state index contributed by atoms with van der Waals surface area (Å²) in [6, 6.07) is 10.8. The molecule has 0 amide bonds. The van der Waals surface area contributed by atoms with E-state index >= 15 is 0 Å². The maximum Gasteiger partial charge on any atom is 0.159 e. The average molecular weight is 433 g/mol. The highest BCUT2D eigenvalue weighted by Gasteiger charge is 2.23. The Morgan fingerprint density at radius 1 is 1.22 bits per heavy atom. The molecule has 32 heavy (non-hydrogen) atoms. The molecular formula is C24H28N6O2. The van der Waals surface area contributed by atoms with Crippen LogP contribution >= 0.6 is 0 Å². The van der Waals surface area contributed by atoms with Crippen molar-refractivity contribution in [2.75, 3.05) is 57.9 Å². The van der Waals surface area contributed by atoms with Gasteiger partial charge in [0.2, 0.25) is 0 Å². The minimum absolute atomic E-state index is 0.535. The largest absolute Gasteiger partial charge is 0.493 e. The SMILES string of the molecule is C#C/N=C1/C(N/C(C)=C2/CNCCO2)=NC(c2ccc(N3CCOCC3)cc2)=C/C1=N/C. The summed E-state index contributed by atoms with van der Waals surface area (Å²) in [5.41, 5.74) is 5.03. The Kier molecular flexibility index (Phi) is 7.00. The third kappa shape index (κ3) is 4.90. The van der Waals surface area contributed by atoms with E-state index in [9.17, 15) is 0 Å². The van der Waals surface area contributed by atoms with Crippen LogP contribution in [0.2, 0.25) is 0 Å². The number of ether oxygens (including phenoxy) is 2. The minimum Gasteiger partial charge on any atom is -0.493 e. The molecule has 3 aliphatic rings. The van der Waals surface area contributed by atoms with Gasteiger partial charge < -0.3 is 25.0 Å². The third-order valence-corrected chi connectivity index (χ3v) is 5.49. The molecule has 166 valence electrons. The second-order valence-corrected chi connectivity index (χ2v) is 7.53. The lowest BCUT2D eigenvalue weighted by atomic mass is 10.0. The summed E-state index contributed by atoms with van der Waals surface area (Å²) >= 11 is 0. The lowest BCUT2D eigenvalue weighted by molar-refractivity contribution is 0.122. The van der Waals surface area contributed by atoms with Gasteiger partial charge in [-0.3, -0.25) is 4.99 Å². The number of anilines is 1. The highest BCUT2D eigenvalue weighted by Crippen LogP contribution is 2.24. The summed E-state index contributed by atoms with van der Waals surface area (Å²) in [7, 11) is 1.72. The van der Waals surface area contributed by atoms with Crippen molar-refractivity contribution in [2.45, 2.75) is 6.92 Å². The van der Waals surface area contributed by atoms with Gasteiger partial charge in [0.15, 0.2) is 5.84 Å². The van der Waals surface area contributed by atoms with Gasteiger partial charge in [0, 0.05) is 44.0 Å². The Morgan fingerprint density at radius 3 is 2.66 bits per heavy atom. The standard InChI is InChI=1S/C24H28N6O2/c1-4-27-23-21(25-3)15-20(29-24(23)28-17(2)22-16-26-9-12-32-22)18-5-7-19(8-6-18)30-10-13-31-14-11-30/h1,5-8,15,26H,9-14,16H2,2-3H3,(H,28,29)/b22-17-,25-21-,27-23+. The number of hydrogen-bond donors (Lipinski definition) is 2. The van der Waals surface area contributed by atoms with Crippen LogP contribution in [0.25, 0.3) is 5.70 Å². The minimum atomic E-state index is 0.535. The topological polar surface area (TPSA) is 82.8 Å². The molecule has 2 fully saturated rings. The van der Waals surface area contributed by atoms with Crippen molar-refractivity contribution in [2.24, 2.45) is 15.0 Å². The van der Waals surface area contributed by atoms with Crippen LogP contribution in [-0.2, 0) is 9.47 Å². The van der Waals surface area contributed by atoms with Gasteiger partial charge in [-0.25, -0.2) is 4.99 Å². The fourth-order valence-electron chi connectivity index (χ4n) is 3.76. The van der Waals surface area contributed by atoms with E-state index in [2.05, 4.69) is 55.8 Å². The first-order valence-corrected chi connectivity index (χ1v) is 10.7. The summed E-state index contributed by atoms with van der Waals surface area (Å²) in [5.74, 6) is 1.40. The quantitative estimate of drug-likeness (QED) is 0.712. The lowest BCUT2D eigenvalue weighted by Gasteiger charge is -2.29. The Hall–Kier alpha value is -3.41. The van der Waals surface area contributed by atoms with E-state index in [4.69, 9.17) is 20.9 Å². The molecule has 0 atom stereocenters. The summed E-state index contributed by atoms with van der Waals surface area (Å²) < 4.78 is 11.2. The zero-order valence-electron chi connectivity index (χ0n) is 18.5. The fraction of sp³-hybridized carbons (Fsp3) is 0.375. The molecule has 8 nitrogen and oxygen atoms in total. The van der Waals surface area contributed by atoms with Crippen molar-refractivity contribution in [1.82, 2.24) is 10.6 Å². The summed E-state index contributed by atoms with van der Waals surface area (Å²) in [5, 5.41) is 6.65. The molecule has 0 saturated carbocycles. The molecule has 1 aromatic rings. The predicted octanol–water partition coefficient (Wildman–Crippen LogP) is 1.82. The number of nitrogens with one attached hydrogen (secondary N) is 2. The van der Waals surface area contributed by atoms with E-state index in [1.165, 1.54) is 5.69 Å². The van der Waals surface area contributed by atoms with Gasteiger partial charge in [0.05, 0.1) is 36.9 Å². The average Bonchev–Trinajstić information content (AvgIpc) is 2.86. The number of hydrogen-bond acceptors (Lipinski definition) is 8. The maximum absolute atomic E-state index is 5.77. The molecular weight excluding hydrogens is 404 g/mol. The van der Waals surface area contributed by atoms with Crippen LogP contribution in [0.4, 0.5) is 5.69 Å². The first-order chi connectivity index (χ1) is 15.7. The zero-order chi connectivity index (χ0) is 22.3. The number of terminal acetylenes is 1. The van der Waals surface area contributed by atoms with Crippen LogP contribution in [-0.4, -0.2) is 70.3 Å². The number of amidine groups is 1. The monoisotopic (exact) mass is 432 g/mol. The first-order valence-electron chi connectivity index (χ1n) is 10.7. The molecule has 1 aromatic carbocycles. The molecule has 3 aliphatic heterocycles. The van der Waals surface area contributed by atoms with Gasteiger partial charge in [0.25, 0.3) is 0 Å². The Morgan fingerprint density at radius 2 is 2.00 bits per heavy atom. The molecule has 0 spiro atoms. The smallest absolute Gasteiger partial charge is 0.159 e. The molecule has 0 aromatic heterocycles. The summed E-state index contributed by atoms with van der Waals surface area (Å²) in [6.45, 7) is 7.40. The van der Waals surface area contributed by atoms with Crippen molar-refractivity contribution < 1.29 is 9.47 Å². The second kappa shape index (κ2) is 10.3. The molecule has 0 aliphatic carbocycles. The normalized spacial score (nSPS) is 23.2. The molecule has 3 heterocycles. The number of allylic oxidation sites excluding steroid dienone is 2. The van der Waals surface area contributed by atoms with Crippen LogP contribution in [0, 0.1) is 12.5 Å². The van der Waals surface area contributed by atoms with Crippen LogP contribution in [0.3, 0.4) is 0 Å². The Bertz CT molecular complexity index is 1030. The van der Waals surface area contributed by atoms with Crippen molar-refractivity contribution in [3.05, 3.63) is 47.4 Å². The highest BCUT2D eigenvalue weighted by atomic mass is 16.5. The summed E-state index contributed by atoms with van der Waals surface area (Å²) in [6.07, 6.45) is 7.40. The second-order valence-electron chi connectivity index (χ2n) is 7.53. The van der Waals surface area contributed by atoms with Crippen molar-refractivity contribution in [3.8, 4) is 12.5 Å². The number of aliphatic imine (C=N–C) groups is 3. The Balaban J connectivity index is 1.64. The molecule has 0 radical (unpaired) electrons. The molecule has 2 saturated heterocycles.